The summed E-state index contributed by atoms with van der Waals surface area (Å²) >= 11 is 1.72. The lowest BCUT2D eigenvalue weighted by Crippen LogP contribution is -2.08. The third-order valence-electron chi connectivity index (χ3n) is 2.44. The van der Waals surface area contributed by atoms with Crippen molar-refractivity contribution in [1.82, 2.24) is 4.98 Å². The Morgan fingerprint density at radius 2 is 2.17 bits per heavy atom. The van der Waals surface area contributed by atoms with Crippen molar-refractivity contribution in [2.75, 3.05) is 12.5 Å². The number of para-hydroxylation sites is 1. The Bertz CT molecular complexity index is 519. The van der Waals surface area contributed by atoms with Crippen LogP contribution in [0.4, 0.5) is 5.82 Å². The van der Waals surface area contributed by atoms with Gasteiger partial charge < -0.3 is 10.2 Å². The fourth-order valence-electron chi connectivity index (χ4n) is 1.54. The van der Waals surface area contributed by atoms with Crippen LogP contribution in [0.2, 0.25) is 0 Å². The molecule has 0 aliphatic heterocycles. The summed E-state index contributed by atoms with van der Waals surface area (Å²) in [5.41, 5.74) is 3.70. The number of nitrogens with two attached hydrogens (primary N) is 1. The highest BCUT2D eigenvalue weighted by molar-refractivity contribution is 7.98. The van der Waals surface area contributed by atoms with Crippen LogP contribution in [0.1, 0.15) is 5.56 Å². The SMILES string of the molecule is COc1ccccc1SCc1ccnc(NN)c1. The zero-order chi connectivity index (χ0) is 12.8. The molecule has 2 rings (SSSR count). The summed E-state index contributed by atoms with van der Waals surface area (Å²) in [6.45, 7) is 0. The van der Waals surface area contributed by atoms with Crippen molar-refractivity contribution in [1.29, 1.82) is 0 Å². The Morgan fingerprint density at radius 1 is 1.33 bits per heavy atom. The number of hydrazine groups is 1. The van der Waals surface area contributed by atoms with Crippen LogP contribution in [-0.4, -0.2) is 12.1 Å². The van der Waals surface area contributed by atoms with Crippen molar-refractivity contribution in [3.05, 3.63) is 48.2 Å². The van der Waals surface area contributed by atoms with Gasteiger partial charge in [0.1, 0.15) is 11.6 Å². The third-order valence-corrected chi connectivity index (χ3v) is 3.56. The van der Waals surface area contributed by atoms with Gasteiger partial charge in [0.05, 0.1) is 7.11 Å². The number of methoxy groups -OCH3 is 1. The van der Waals surface area contributed by atoms with E-state index >= 15 is 0 Å². The molecular formula is C13H15N3OS. The highest BCUT2D eigenvalue weighted by atomic mass is 32.2. The van der Waals surface area contributed by atoms with E-state index in [9.17, 15) is 0 Å². The maximum absolute atomic E-state index is 5.33. The molecule has 18 heavy (non-hydrogen) atoms. The lowest BCUT2D eigenvalue weighted by atomic mass is 10.3. The fourth-order valence-corrected chi connectivity index (χ4v) is 2.51. The molecule has 2 aromatic rings. The van der Waals surface area contributed by atoms with Crippen LogP contribution in [0.15, 0.2) is 47.5 Å². The first kappa shape index (κ1) is 12.7. The van der Waals surface area contributed by atoms with Crippen molar-refractivity contribution in [3.63, 3.8) is 0 Å². The Labute approximate surface area is 111 Å². The van der Waals surface area contributed by atoms with Gasteiger partial charge in [-0.25, -0.2) is 10.8 Å². The molecule has 0 spiro atoms. The average Bonchev–Trinajstić information content (AvgIpc) is 2.45. The molecule has 1 heterocycles. The van der Waals surface area contributed by atoms with E-state index in [-0.39, 0.29) is 0 Å². The van der Waals surface area contributed by atoms with Gasteiger partial charge in [-0.1, -0.05) is 12.1 Å². The molecule has 94 valence electrons. The van der Waals surface area contributed by atoms with Crippen LogP contribution < -0.4 is 16.0 Å². The molecule has 0 bridgehead atoms. The molecule has 0 aliphatic rings. The second kappa shape index (κ2) is 6.28. The van der Waals surface area contributed by atoms with Gasteiger partial charge >= 0.3 is 0 Å². The molecule has 0 saturated heterocycles. The minimum absolute atomic E-state index is 0.674. The Balaban J connectivity index is 2.06. The minimum atomic E-state index is 0.674. The number of anilines is 1. The van der Waals surface area contributed by atoms with E-state index in [0.29, 0.717) is 5.82 Å². The summed E-state index contributed by atoms with van der Waals surface area (Å²) in [5.74, 6) is 7.75. The minimum Gasteiger partial charge on any atom is -0.496 e. The number of benzene rings is 1. The first-order valence-corrected chi connectivity index (χ1v) is 6.49. The molecule has 0 aliphatic carbocycles. The molecule has 0 radical (unpaired) electrons. The van der Waals surface area contributed by atoms with Gasteiger partial charge in [0.25, 0.3) is 0 Å². The maximum Gasteiger partial charge on any atom is 0.140 e. The fraction of sp³-hybridized carbons (Fsp3) is 0.154. The van der Waals surface area contributed by atoms with Gasteiger partial charge in [-0.05, 0) is 29.8 Å². The average molecular weight is 261 g/mol. The number of ether oxygens (including phenoxy) is 1. The molecule has 4 nitrogen and oxygen atoms in total. The zero-order valence-electron chi connectivity index (χ0n) is 10.1. The van der Waals surface area contributed by atoms with Crippen molar-refractivity contribution in [2.45, 2.75) is 10.6 Å². The predicted molar refractivity (Wildman–Crippen MR) is 74.6 cm³/mol. The summed E-state index contributed by atoms with van der Waals surface area (Å²) in [4.78, 5) is 5.20. The summed E-state index contributed by atoms with van der Waals surface area (Å²) in [6, 6.07) is 11.9. The lowest BCUT2D eigenvalue weighted by Gasteiger charge is -2.08. The first-order chi connectivity index (χ1) is 8.83. The van der Waals surface area contributed by atoms with E-state index < -0.39 is 0 Å². The maximum atomic E-state index is 5.33. The van der Waals surface area contributed by atoms with Crippen molar-refractivity contribution < 1.29 is 4.74 Å². The number of nitrogens with zero attached hydrogens (tertiary/aromatic N) is 1. The molecule has 3 N–H and O–H groups in total. The van der Waals surface area contributed by atoms with Crippen LogP contribution in [0, 0.1) is 0 Å². The lowest BCUT2D eigenvalue weighted by molar-refractivity contribution is 0.405. The number of nitrogens with one attached hydrogen (secondary N) is 1. The molecule has 0 unspecified atom stereocenters. The molecule has 1 aromatic heterocycles. The molecule has 0 saturated carbocycles. The van der Waals surface area contributed by atoms with Gasteiger partial charge in [0.2, 0.25) is 0 Å². The van der Waals surface area contributed by atoms with Crippen molar-refractivity contribution >= 4 is 17.6 Å². The molecular weight excluding hydrogens is 246 g/mol. The van der Waals surface area contributed by atoms with E-state index in [1.807, 2.05) is 36.4 Å². The normalized spacial score (nSPS) is 10.1. The Kier molecular flexibility index (Phi) is 4.44. The van der Waals surface area contributed by atoms with Gasteiger partial charge in [0.15, 0.2) is 0 Å². The summed E-state index contributed by atoms with van der Waals surface area (Å²) in [5, 5.41) is 0. The Hall–Kier alpha value is -1.72. The third kappa shape index (κ3) is 3.15. The largest absolute Gasteiger partial charge is 0.496 e. The van der Waals surface area contributed by atoms with E-state index in [4.69, 9.17) is 10.6 Å². The number of thioether (sulfide) groups is 1. The smallest absolute Gasteiger partial charge is 0.140 e. The van der Waals surface area contributed by atoms with E-state index in [2.05, 4.69) is 10.4 Å². The molecule has 5 heteroatoms. The van der Waals surface area contributed by atoms with E-state index in [1.54, 1.807) is 25.1 Å². The molecule has 0 amide bonds. The highest BCUT2D eigenvalue weighted by Crippen LogP contribution is 2.31. The monoisotopic (exact) mass is 261 g/mol. The molecule has 1 aromatic carbocycles. The van der Waals surface area contributed by atoms with Crippen LogP contribution in [-0.2, 0) is 5.75 Å². The first-order valence-electron chi connectivity index (χ1n) is 5.51. The van der Waals surface area contributed by atoms with Gasteiger partial charge in [-0.2, -0.15) is 0 Å². The zero-order valence-corrected chi connectivity index (χ0v) is 10.9. The van der Waals surface area contributed by atoms with E-state index in [1.165, 1.54) is 0 Å². The standard InChI is InChI=1S/C13H15N3OS/c1-17-11-4-2-3-5-12(11)18-9-10-6-7-15-13(8-10)16-14/h2-8H,9,14H2,1H3,(H,15,16). The van der Waals surface area contributed by atoms with Gasteiger partial charge in [0, 0.05) is 16.8 Å². The highest BCUT2D eigenvalue weighted by Gasteiger charge is 2.03. The summed E-state index contributed by atoms with van der Waals surface area (Å²) in [7, 11) is 1.68. The van der Waals surface area contributed by atoms with Gasteiger partial charge in [-0.15, -0.1) is 11.8 Å². The topological polar surface area (TPSA) is 60.2 Å². The van der Waals surface area contributed by atoms with Gasteiger partial charge in [-0.3, -0.25) is 0 Å². The Morgan fingerprint density at radius 3 is 2.94 bits per heavy atom. The second-order valence-electron chi connectivity index (χ2n) is 3.63. The van der Waals surface area contributed by atoms with Crippen LogP contribution >= 0.6 is 11.8 Å². The summed E-state index contributed by atoms with van der Waals surface area (Å²) in [6.07, 6.45) is 1.74. The molecule has 0 fully saturated rings. The van der Waals surface area contributed by atoms with Crippen LogP contribution in [0.3, 0.4) is 0 Å². The number of nitrogen functional groups attached to an aromatic ring is 1. The molecule has 0 atom stereocenters. The quantitative estimate of drug-likeness (QED) is 0.492. The predicted octanol–water partition coefficient (Wildman–Crippen LogP) is 2.67. The number of hydrogen-bond acceptors (Lipinski definition) is 5. The van der Waals surface area contributed by atoms with Crippen molar-refractivity contribution in [3.8, 4) is 5.75 Å². The van der Waals surface area contributed by atoms with Crippen molar-refractivity contribution in [2.24, 2.45) is 5.84 Å². The van der Waals surface area contributed by atoms with Crippen LogP contribution in [0.25, 0.3) is 0 Å². The van der Waals surface area contributed by atoms with Crippen LogP contribution in [0.5, 0.6) is 5.75 Å². The second-order valence-corrected chi connectivity index (χ2v) is 4.65. The number of hydrogen-bond donors (Lipinski definition) is 2. The number of pyridine rings is 1. The summed E-state index contributed by atoms with van der Waals surface area (Å²) < 4.78 is 5.31. The van der Waals surface area contributed by atoms with E-state index in [0.717, 1.165) is 22.0 Å². The number of rotatable bonds is 5. The number of aromatic nitrogens is 1.